The SMILES string of the molecule is CC1(C)O[C@@H]2[C@H](O1)[C@@H](CO)O[C@H]2n1ccc(=O)n([C@@H]2C[C@H](COC(=O)c3ccccc3)[C@@H](COC(=O)c3ccccc3)O2)c1=O. The van der Waals surface area contributed by atoms with Crippen molar-refractivity contribution in [1.29, 1.82) is 0 Å². The van der Waals surface area contributed by atoms with E-state index in [9.17, 15) is 24.3 Å². The number of hydrogen-bond donors (Lipinski definition) is 1. The van der Waals surface area contributed by atoms with Gasteiger partial charge in [0, 0.05) is 24.6 Å². The summed E-state index contributed by atoms with van der Waals surface area (Å²) in [6.45, 7) is 2.78. The van der Waals surface area contributed by atoms with Gasteiger partial charge in [-0.1, -0.05) is 36.4 Å². The lowest BCUT2D eigenvalue weighted by Gasteiger charge is -2.25. The van der Waals surface area contributed by atoms with E-state index in [-0.39, 0.29) is 26.2 Å². The fourth-order valence-corrected chi connectivity index (χ4v) is 5.95. The Morgan fingerprint density at radius 2 is 1.44 bits per heavy atom. The first kappa shape index (κ1) is 30.9. The summed E-state index contributed by atoms with van der Waals surface area (Å²) in [5.41, 5.74) is -0.649. The molecule has 3 aliphatic rings. The number of benzene rings is 2. The highest BCUT2D eigenvalue weighted by atomic mass is 16.8. The van der Waals surface area contributed by atoms with Crippen LogP contribution in [0.15, 0.2) is 82.5 Å². The summed E-state index contributed by atoms with van der Waals surface area (Å²) in [5, 5.41) is 9.88. The minimum absolute atomic E-state index is 0.109. The predicted octanol–water partition coefficient (Wildman–Crippen LogP) is 2.04. The van der Waals surface area contributed by atoms with Gasteiger partial charge in [0.2, 0.25) is 0 Å². The van der Waals surface area contributed by atoms with Crippen LogP contribution in [-0.4, -0.2) is 76.2 Å². The van der Waals surface area contributed by atoms with Gasteiger partial charge in [-0.2, -0.15) is 0 Å². The number of hydrogen-bond acceptors (Lipinski definition) is 11. The third kappa shape index (κ3) is 6.35. The lowest BCUT2D eigenvalue weighted by Crippen LogP contribution is -2.44. The molecule has 1 N–H and O–H groups in total. The topological polar surface area (TPSA) is 154 Å². The molecule has 6 rings (SSSR count). The predicted molar refractivity (Wildman–Crippen MR) is 155 cm³/mol. The largest absolute Gasteiger partial charge is 0.462 e. The minimum atomic E-state index is -1.07. The molecule has 7 atom stereocenters. The number of fused-ring (bicyclic) bond motifs is 1. The van der Waals surface area contributed by atoms with Gasteiger partial charge in [-0.15, -0.1) is 0 Å². The highest BCUT2D eigenvalue weighted by molar-refractivity contribution is 5.89. The maximum atomic E-state index is 13.9. The summed E-state index contributed by atoms with van der Waals surface area (Å²) in [6, 6.07) is 18.1. The van der Waals surface area contributed by atoms with Crippen LogP contribution in [-0.2, 0) is 28.4 Å². The molecule has 0 spiro atoms. The molecule has 1 aromatic heterocycles. The van der Waals surface area contributed by atoms with Gasteiger partial charge in [0.1, 0.15) is 37.3 Å². The average Bonchev–Trinajstić information content (AvgIpc) is 3.69. The van der Waals surface area contributed by atoms with Gasteiger partial charge in [-0.25, -0.2) is 19.0 Å². The van der Waals surface area contributed by atoms with Crippen LogP contribution >= 0.6 is 0 Å². The number of nitrogens with zero attached hydrogens (tertiary/aromatic N) is 2. The molecule has 13 heteroatoms. The smallest absolute Gasteiger partial charge is 0.338 e. The van der Waals surface area contributed by atoms with E-state index < -0.39 is 71.8 Å². The molecule has 0 unspecified atom stereocenters. The van der Waals surface area contributed by atoms with Crippen LogP contribution in [0.25, 0.3) is 0 Å². The Hall–Kier alpha value is -4.14. The van der Waals surface area contributed by atoms with Crippen molar-refractivity contribution in [3.63, 3.8) is 0 Å². The van der Waals surface area contributed by atoms with Gasteiger partial charge in [0.05, 0.1) is 24.3 Å². The number of aromatic nitrogens is 2. The van der Waals surface area contributed by atoms with Crippen molar-refractivity contribution in [3.8, 4) is 0 Å². The zero-order valence-electron chi connectivity index (χ0n) is 24.7. The van der Waals surface area contributed by atoms with Gasteiger partial charge >= 0.3 is 17.6 Å². The van der Waals surface area contributed by atoms with E-state index in [2.05, 4.69) is 0 Å². The zero-order valence-corrected chi connectivity index (χ0v) is 24.7. The van der Waals surface area contributed by atoms with E-state index in [1.807, 2.05) is 0 Å². The summed E-state index contributed by atoms with van der Waals surface area (Å²) in [6.07, 6.45) is -3.53. The highest BCUT2D eigenvalue weighted by Crippen LogP contribution is 2.42. The van der Waals surface area contributed by atoms with Crippen molar-refractivity contribution in [1.82, 2.24) is 9.13 Å². The molecule has 4 heterocycles. The van der Waals surface area contributed by atoms with Crippen molar-refractivity contribution in [2.75, 3.05) is 19.8 Å². The fraction of sp³-hybridized carbons (Fsp3) is 0.438. The molecular formula is C32H34N2O11. The Balaban J connectivity index is 1.24. The number of carbonyl (C=O) groups excluding carboxylic acids is 2. The lowest BCUT2D eigenvalue weighted by atomic mass is 10.0. The van der Waals surface area contributed by atoms with Gasteiger partial charge < -0.3 is 33.5 Å². The van der Waals surface area contributed by atoms with E-state index >= 15 is 0 Å². The molecule has 45 heavy (non-hydrogen) atoms. The number of esters is 2. The van der Waals surface area contributed by atoms with Crippen molar-refractivity contribution >= 4 is 11.9 Å². The number of rotatable bonds is 9. The number of aliphatic hydroxyl groups is 1. The van der Waals surface area contributed by atoms with Gasteiger partial charge in [0.15, 0.2) is 12.0 Å². The maximum absolute atomic E-state index is 13.9. The zero-order chi connectivity index (χ0) is 31.7. The molecule has 2 aromatic carbocycles. The van der Waals surface area contributed by atoms with Crippen LogP contribution in [0, 0.1) is 5.92 Å². The molecular weight excluding hydrogens is 588 g/mol. The molecule has 0 radical (unpaired) electrons. The summed E-state index contributed by atoms with van der Waals surface area (Å²) < 4.78 is 37.3. The van der Waals surface area contributed by atoms with E-state index in [0.29, 0.717) is 11.1 Å². The van der Waals surface area contributed by atoms with Gasteiger partial charge in [-0.3, -0.25) is 9.36 Å². The maximum Gasteiger partial charge on any atom is 0.338 e. The second-order valence-corrected chi connectivity index (χ2v) is 11.6. The van der Waals surface area contributed by atoms with Crippen molar-refractivity contribution in [3.05, 3.63) is 105 Å². The summed E-state index contributed by atoms with van der Waals surface area (Å²) in [7, 11) is 0. The van der Waals surface area contributed by atoms with Gasteiger partial charge in [0.25, 0.3) is 5.56 Å². The third-order valence-corrected chi connectivity index (χ3v) is 8.10. The number of aliphatic hydroxyl groups excluding tert-OH is 1. The van der Waals surface area contributed by atoms with Crippen LogP contribution in [0.5, 0.6) is 0 Å². The fourth-order valence-electron chi connectivity index (χ4n) is 5.95. The molecule has 0 saturated carbocycles. The Morgan fingerprint density at radius 3 is 2.07 bits per heavy atom. The summed E-state index contributed by atoms with van der Waals surface area (Å²) >= 11 is 0. The minimum Gasteiger partial charge on any atom is -0.462 e. The average molecular weight is 623 g/mol. The summed E-state index contributed by atoms with van der Waals surface area (Å²) in [4.78, 5) is 52.3. The van der Waals surface area contributed by atoms with Crippen LogP contribution in [0.3, 0.4) is 0 Å². The lowest BCUT2D eigenvalue weighted by molar-refractivity contribution is -0.200. The Labute approximate surface area is 257 Å². The van der Waals surface area contributed by atoms with Crippen LogP contribution in [0.2, 0.25) is 0 Å². The normalized spacial score (nSPS) is 28.5. The third-order valence-electron chi connectivity index (χ3n) is 8.10. The molecule has 0 amide bonds. The Morgan fingerprint density at radius 1 is 0.844 bits per heavy atom. The van der Waals surface area contributed by atoms with E-state index in [4.69, 9.17) is 28.4 Å². The number of carbonyl (C=O) groups is 2. The highest BCUT2D eigenvalue weighted by Gasteiger charge is 2.56. The molecule has 13 nitrogen and oxygen atoms in total. The molecule has 238 valence electrons. The molecule has 0 aliphatic carbocycles. The first-order valence-corrected chi connectivity index (χ1v) is 14.7. The Kier molecular flexibility index (Phi) is 8.71. The summed E-state index contributed by atoms with van der Waals surface area (Å²) in [5.74, 6) is -2.61. The second-order valence-electron chi connectivity index (χ2n) is 11.6. The Bertz CT molecular complexity index is 1570. The van der Waals surface area contributed by atoms with E-state index in [0.717, 1.165) is 4.57 Å². The monoisotopic (exact) mass is 622 g/mol. The molecule has 3 aliphatic heterocycles. The standard InChI is InChI=1S/C32H34N2O11/c1-32(2)44-26-22(16-35)43-28(27(26)45-32)33-14-13-24(36)34(31(33)39)25-15-21(17-40-29(37)19-9-5-3-6-10-19)23(42-25)18-41-30(38)20-11-7-4-8-12-20/h3-14,21-23,25-28,35H,15-18H2,1-2H3/t21-,22-,23-,25+,26-,27-,28-/m1/s1. The van der Waals surface area contributed by atoms with Crippen molar-refractivity contribution < 1.29 is 43.1 Å². The van der Waals surface area contributed by atoms with Crippen LogP contribution < -0.4 is 11.2 Å². The van der Waals surface area contributed by atoms with Crippen molar-refractivity contribution in [2.45, 2.75) is 62.9 Å². The molecule has 3 fully saturated rings. The first-order valence-electron chi connectivity index (χ1n) is 14.7. The quantitative estimate of drug-likeness (QED) is 0.349. The molecule has 3 aromatic rings. The molecule has 3 saturated heterocycles. The van der Waals surface area contributed by atoms with E-state index in [1.165, 1.54) is 16.8 Å². The van der Waals surface area contributed by atoms with E-state index in [1.54, 1.807) is 74.5 Å². The first-order chi connectivity index (χ1) is 21.6. The van der Waals surface area contributed by atoms with Gasteiger partial charge in [-0.05, 0) is 38.1 Å². The molecule has 0 bridgehead atoms. The van der Waals surface area contributed by atoms with Crippen molar-refractivity contribution in [2.24, 2.45) is 5.92 Å². The number of ether oxygens (including phenoxy) is 6. The van der Waals surface area contributed by atoms with Crippen LogP contribution in [0.1, 0.15) is 53.4 Å². The van der Waals surface area contributed by atoms with Crippen LogP contribution in [0.4, 0.5) is 0 Å². The second kappa shape index (κ2) is 12.7.